The molecule has 112 valence electrons. The maximum atomic E-state index is 11.7. The maximum absolute atomic E-state index is 11.7. The second kappa shape index (κ2) is 7.75. The van der Waals surface area contributed by atoms with Crippen LogP contribution in [-0.2, 0) is 4.79 Å². The molecule has 1 unspecified atom stereocenters. The maximum Gasteiger partial charge on any atom is 0.258 e. The highest BCUT2D eigenvalue weighted by Crippen LogP contribution is 2.29. The lowest BCUT2D eigenvalue weighted by Gasteiger charge is -2.16. The van der Waals surface area contributed by atoms with Crippen LogP contribution in [0.5, 0.6) is 11.5 Å². The van der Waals surface area contributed by atoms with Crippen molar-refractivity contribution >= 4 is 5.91 Å². The van der Waals surface area contributed by atoms with Crippen molar-refractivity contribution in [1.29, 1.82) is 0 Å². The Labute approximate surface area is 119 Å². The summed E-state index contributed by atoms with van der Waals surface area (Å²) in [6.45, 7) is 5.50. The molecule has 1 rings (SSSR count). The SMILES string of the molecule is CCC(C)NC(=O)COc1cc(OC)ccc1[C@H](C)O. The lowest BCUT2D eigenvalue weighted by molar-refractivity contribution is -0.123. The highest BCUT2D eigenvalue weighted by Gasteiger charge is 2.13. The van der Waals surface area contributed by atoms with Crippen LogP contribution >= 0.6 is 0 Å². The van der Waals surface area contributed by atoms with Gasteiger partial charge in [0.2, 0.25) is 0 Å². The van der Waals surface area contributed by atoms with Gasteiger partial charge in [-0.1, -0.05) is 6.92 Å². The number of hydrogen-bond donors (Lipinski definition) is 2. The fourth-order valence-electron chi connectivity index (χ4n) is 1.67. The zero-order valence-electron chi connectivity index (χ0n) is 12.5. The largest absolute Gasteiger partial charge is 0.497 e. The Morgan fingerprint density at radius 1 is 1.40 bits per heavy atom. The van der Waals surface area contributed by atoms with Gasteiger partial charge in [0.1, 0.15) is 11.5 Å². The van der Waals surface area contributed by atoms with Crippen molar-refractivity contribution in [2.24, 2.45) is 0 Å². The van der Waals surface area contributed by atoms with Gasteiger partial charge in [0.15, 0.2) is 6.61 Å². The molecule has 1 aromatic carbocycles. The number of ether oxygens (including phenoxy) is 2. The topological polar surface area (TPSA) is 67.8 Å². The fourth-order valence-corrected chi connectivity index (χ4v) is 1.67. The van der Waals surface area contributed by atoms with Crippen molar-refractivity contribution in [3.63, 3.8) is 0 Å². The minimum atomic E-state index is -0.673. The molecule has 0 aliphatic heterocycles. The van der Waals surface area contributed by atoms with E-state index in [-0.39, 0.29) is 18.6 Å². The van der Waals surface area contributed by atoms with Gasteiger partial charge in [-0.25, -0.2) is 0 Å². The van der Waals surface area contributed by atoms with Crippen molar-refractivity contribution in [2.45, 2.75) is 39.3 Å². The molecule has 0 saturated carbocycles. The van der Waals surface area contributed by atoms with Crippen LogP contribution in [0.3, 0.4) is 0 Å². The molecule has 2 N–H and O–H groups in total. The normalized spacial score (nSPS) is 13.4. The molecular weight excluding hydrogens is 258 g/mol. The number of rotatable bonds is 7. The van der Waals surface area contributed by atoms with Crippen LogP contribution in [0, 0.1) is 0 Å². The van der Waals surface area contributed by atoms with Crippen LogP contribution in [0.4, 0.5) is 0 Å². The quantitative estimate of drug-likeness (QED) is 0.802. The summed E-state index contributed by atoms with van der Waals surface area (Å²) in [5.74, 6) is 0.893. The zero-order valence-corrected chi connectivity index (χ0v) is 12.5. The summed E-state index contributed by atoms with van der Waals surface area (Å²) in [4.78, 5) is 11.7. The second-order valence-corrected chi connectivity index (χ2v) is 4.75. The van der Waals surface area contributed by atoms with E-state index in [9.17, 15) is 9.90 Å². The van der Waals surface area contributed by atoms with Gasteiger partial charge in [0, 0.05) is 17.7 Å². The summed E-state index contributed by atoms with van der Waals surface area (Å²) in [6, 6.07) is 5.26. The van der Waals surface area contributed by atoms with Crippen LogP contribution in [0.15, 0.2) is 18.2 Å². The molecule has 20 heavy (non-hydrogen) atoms. The number of methoxy groups -OCH3 is 1. The lowest BCUT2D eigenvalue weighted by atomic mass is 10.1. The molecule has 0 saturated heterocycles. The molecule has 0 aliphatic rings. The Morgan fingerprint density at radius 2 is 2.10 bits per heavy atom. The predicted molar refractivity (Wildman–Crippen MR) is 77.0 cm³/mol. The Bertz CT molecular complexity index is 445. The summed E-state index contributed by atoms with van der Waals surface area (Å²) in [6.07, 6.45) is 0.192. The first-order chi connectivity index (χ1) is 9.47. The van der Waals surface area contributed by atoms with E-state index in [1.165, 1.54) is 0 Å². The van der Waals surface area contributed by atoms with E-state index in [0.29, 0.717) is 17.1 Å². The number of aliphatic hydroxyl groups excluding tert-OH is 1. The Kier molecular flexibility index (Phi) is 6.31. The third-order valence-corrected chi connectivity index (χ3v) is 3.05. The minimum absolute atomic E-state index is 0.0861. The van der Waals surface area contributed by atoms with E-state index in [2.05, 4.69) is 5.32 Å². The van der Waals surface area contributed by atoms with E-state index in [4.69, 9.17) is 9.47 Å². The smallest absolute Gasteiger partial charge is 0.258 e. The molecule has 0 heterocycles. The van der Waals surface area contributed by atoms with Crippen LogP contribution in [0.2, 0.25) is 0 Å². The van der Waals surface area contributed by atoms with Crippen molar-refractivity contribution < 1.29 is 19.4 Å². The van der Waals surface area contributed by atoms with Crippen molar-refractivity contribution in [3.05, 3.63) is 23.8 Å². The van der Waals surface area contributed by atoms with Gasteiger partial charge in [0.25, 0.3) is 5.91 Å². The summed E-state index contributed by atoms with van der Waals surface area (Å²) in [7, 11) is 1.55. The van der Waals surface area contributed by atoms with Crippen molar-refractivity contribution in [3.8, 4) is 11.5 Å². The number of benzene rings is 1. The summed E-state index contributed by atoms with van der Waals surface area (Å²) >= 11 is 0. The highest BCUT2D eigenvalue weighted by molar-refractivity contribution is 5.77. The number of hydrogen-bond acceptors (Lipinski definition) is 4. The molecule has 5 nitrogen and oxygen atoms in total. The second-order valence-electron chi connectivity index (χ2n) is 4.75. The molecule has 0 fully saturated rings. The Morgan fingerprint density at radius 3 is 2.65 bits per heavy atom. The van der Waals surface area contributed by atoms with E-state index in [1.54, 1.807) is 32.2 Å². The van der Waals surface area contributed by atoms with E-state index in [0.717, 1.165) is 6.42 Å². The first-order valence-corrected chi connectivity index (χ1v) is 6.76. The van der Waals surface area contributed by atoms with Crippen LogP contribution in [0.1, 0.15) is 38.9 Å². The third-order valence-electron chi connectivity index (χ3n) is 3.05. The molecule has 5 heteroatoms. The third kappa shape index (κ3) is 4.74. The van der Waals surface area contributed by atoms with Gasteiger partial charge < -0.3 is 19.9 Å². The van der Waals surface area contributed by atoms with Crippen LogP contribution < -0.4 is 14.8 Å². The number of nitrogens with one attached hydrogen (secondary N) is 1. The summed E-state index contributed by atoms with van der Waals surface area (Å²) in [5.41, 5.74) is 0.627. The molecule has 0 aromatic heterocycles. The van der Waals surface area contributed by atoms with Gasteiger partial charge in [-0.15, -0.1) is 0 Å². The van der Waals surface area contributed by atoms with E-state index in [1.807, 2.05) is 13.8 Å². The zero-order chi connectivity index (χ0) is 15.1. The molecule has 0 aliphatic carbocycles. The van der Waals surface area contributed by atoms with Gasteiger partial charge in [-0.2, -0.15) is 0 Å². The van der Waals surface area contributed by atoms with E-state index < -0.39 is 6.10 Å². The first kappa shape index (κ1) is 16.3. The minimum Gasteiger partial charge on any atom is -0.497 e. The molecule has 2 atom stereocenters. The van der Waals surface area contributed by atoms with E-state index >= 15 is 0 Å². The summed E-state index contributed by atoms with van der Waals surface area (Å²) < 4.78 is 10.6. The van der Waals surface area contributed by atoms with Crippen LogP contribution in [0.25, 0.3) is 0 Å². The summed E-state index contributed by atoms with van der Waals surface area (Å²) in [5, 5.41) is 12.5. The number of aliphatic hydroxyl groups is 1. The van der Waals surface area contributed by atoms with Gasteiger partial charge in [0.05, 0.1) is 13.2 Å². The monoisotopic (exact) mass is 281 g/mol. The number of carbonyl (C=O) groups excluding carboxylic acids is 1. The molecule has 0 radical (unpaired) electrons. The van der Waals surface area contributed by atoms with Gasteiger partial charge in [-0.05, 0) is 32.4 Å². The molecule has 1 aromatic rings. The first-order valence-electron chi connectivity index (χ1n) is 6.76. The number of carbonyl (C=O) groups is 1. The fraction of sp³-hybridized carbons (Fsp3) is 0.533. The molecule has 0 bridgehead atoms. The standard InChI is InChI=1S/C15H23NO4/c1-5-10(2)16-15(18)9-20-14-8-12(19-4)6-7-13(14)11(3)17/h6-8,10-11,17H,5,9H2,1-4H3,(H,16,18)/t10?,11-/m0/s1. The average Bonchev–Trinajstić information content (AvgIpc) is 2.44. The molecule has 0 spiro atoms. The van der Waals surface area contributed by atoms with Gasteiger partial charge in [-0.3, -0.25) is 4.79 Å². The number of amides is 1. The Hall–Kier alpha value is -1.75. The predicted octanol–water partition coefficient (Wildman–Crippen LogP) is 2.04. The lowest BCUT2D eigenvalue weighted by Crippen LogP contribution is -2.35. The molecule has 1 amide bonds. The average molecular weight is 281 g/mol. The van der Waals surface area contributed by atoms with Crippen LogP contribution in [-0.4, -0.2) is 30.8 Å². The van der Waals surface area contributed by atoms with Gasteiger partial charge >= 0.3 is 0 Å². The molecular formula is C15H23NO4. The Balaban J connectivity index is 2.72. The van der Waals surface area contributed by atoms with Crippen molar-refractivity contribution in [2.75, 3.05) is 13.7 Å². The highest BCUT2D eigenvalue weighted by atomic mass is 16.5. The van der Waals surface area contributed by atoms with Crippen molar-refractivity contribution in [1.82, 2.24) is 5.32 Å².